The highest BCUT2D eigenvalue weighted by molar-refractivity contribution is 7.89. The highest BCUT2D eigenvalue weighted by Crippen LogP contribution is 2.26. The fourth-order valence-corrected chi connectivity index (χ4v) is 2.66. The zero-order valence-electron chi connectivity index (χ0n) is 11.7. The molecule has 0 saturated carbocycles. The summed E-state index contributed by atoms with van der Waals surface area (Å²) >= 11 is 6.04. The van der Waals surface area contributed by atoms with Crippen molar-refractivity contribution in [1.29, 1.82) is 0 Å². The first kappa shape index (κ1) is 15.8. The Kier molecular flexibility index (Phi) is 4.51. The molecule has 0 spiro atoms. The molecule has 1 heterocycles. The van der Waals surface area contributed by atoms with Gasteiger partial charge in [-0.3, -0.25) is 0 Å². The first-order valence-electron chi connectivity index (χ1n) is 6.29. The highest BCUT2D eigenvalue weighted by Gasteiger charge is 2.13. The van der Waals surface area contributed by atoms with E-state index in [1.807, 2.05) is 26.0 Å². The van der Waals surface area contributed by atoms with E-state index in [1.165, 1.54) is 6.07 Å². The molecule has 1 atom stereocenters. The second kappa shape index (κ2) is 6.01. The third-order valence-electron chi connectivity index (χ3n) is 3.03. The minimum atomic E-state index is -3.71. The van der Waals surface area contributed by atoms with Crippen LogP contribution in [-0.2, 0) is 10.0 Å². The lowest BCUT2D eigenvalue weighted by molar-refractivity contribution is 0.597. The predicted octanol–water partition coefficient (Wildman–Crippen LogP) is 2.86. The van der Waals surface area contributed by atoms with E-state index in [1.54, 1.807) is 18.3 Å². The van der Waals surface area contributed by atoms with E-state index in [9.17, 15) is 8.42 Å². The van der Waals surface area contributed by atoms with Crippen LogP contribution >= 0.6 is 11.6 Å². The molecule has 0 saturated heterocycles. The number of aryl methyl sites for hydroxylation is 1. The van der Waals surface area contributed by atoms with Gasteiger partial charge in [-0.25, -0.2) is 18.5 Å². The van der Waals surface area contributed by atoms with Crippen LogP contribution in [-0.4, -0.2) is 13.4 Å². The standard InChI is InChI=1S/C14H16ClN3O2S/c1-9-6-13(14(15)17-8-9)18-10(2)11-4-3-5-12(7-11)21(16,19)20/h3-8,10,18H,1-2H3,(H2,16,19,20). The summed E-state index contributed by atoms with van der Waals surface area (Å²) in [4.78, 5) is 4.15. The van der Waals surface area contributed by atoms with Crippen LogP contribution in [0.15, 0.2) is 41.4 Å². The first-order valence-corrected chi connectivity index (χ1v) is 8.21. The van der Waals surface area contributed by atoms with Gasteiger partial charge in [0.2, 0.25) is 10.0 Å². The quantitative estimate of drug-likeness (QED) is 0.846. The Balaban J connectivity index is 2.28. The van der Waals surface area contributed by atoms with Gasteiger partial charge in [-0.1, -0.05) is 23.7 Å². The molecular formula is C14H16ClN3O2S. The van der Waals surface area contributed by atoms with Gasteiger partial charge in [0.05, 0.1) is 10.6 Å². The van der Waals surface area contributed by atoms with Gasteiger partial charge in [-0.05, 0) is 43.2 Å². The number of nitrogens with two attached hydrogens (primary N) is 1. The van der Waals surface area contributed by atoms with E-state index in [2.05, 4.69) is 10.3 Å². The largest absolute Gasteiger partial charge is 0.376 e. The third-order valence-corrected chi connectivity index (χ3v) is 4.25. The van der Waals surface area contributed by atoms with Gasteiger partial charge in [0.25, 0.3) is 0 Å². The molecule has 112 valence electrons. The van der Waals surface area contributed by atoms with Crippen LogP contribution in [0.1, 0.15) is 24.1 Å². The number of sulfonamides is 1. The van der Waals surface area contributed by atoms with Crippen molar-refractivity contribution in [3.05, 3.63) is 52.8 Å². The molecule has 0 aliphatic rings. The van der Waals surface area contributed by atoms with E-state index < -0.39 is 10.0 Å². The zero-order valence-corrected chi connectivity index (χ0v) is 13.2. The molecule has 2 rings (SSSR count). The molecular weight excluding hydrogens is 310 g/mol. The van der Waals surface area contributed by atoms with Gasteiger partial charge in [-0.2, -0.15) is 0 Å². The van der Waals surface area contributed by atoms with Crippen LogP contribution in [0.2, 0.25) is 5.15 Å². The van der Waals surface area contributed by atoms with Gasteiger partial charge < -0.3 is 5.32 Å². The van der Waals surface area contributed by atoms with Crippen LogP contribution in [0, 0.1) is 6.92 Å². The second-order valence-electron chi connectivity index (χ2n) is 4.83. The fraction of sp³-hybridized carbons (Fsp3) is 0.214. The number of pyridine rings is 1. The minimum absolute atomic E-state index is 0.0853. The Morgan fingerprint density at radius 1 is 1.33 bits per heavy atom. The van der Waals surface area contributed by atoms with Crippen molar-refractivity contribution in [2.45, 2.75) is 24.8 Å². The first-order chi connectivity index (χ1) is 9.77. The Hall–Kier alpha value is -1.63. The summed E-state index contributed by atoms with van der Waals surface area (Å²) < 4.78 is 22.8. The van der Waals surface area contributed by atoms with E-state index in [0.29, 0.717) is 10.8 Å². The number of primary sulfonamides is 1. The summed E-state index contributed by atoms with van der Waals surface area (Å²) in [6, 6.07) is 8.23. The maximum absolute atomic E-state index is 11.4. The van der Waals surface area contributed by atoms with Crippen LogP contribution < -0.4 is 10.5 Å². The summed E-state index contributed by atoms with van der Waals surface area (Å²) in [6.07, 6.45) is 1.68. The SMILES string of the molecule is Cc1cnc(Cl)c(NC(C)c2cccc(S(N)(=O)=O)c2)c1. The molecule has 0 aliphatic carbocycles. The maximum atomic E-state index is 11.4. The van der Waals surface area contributed by atoms with Crippen LogP contribution in [0.4, 0.5) is 5.69 Å². The van der Waals surface area contributed by atoms with Crippen molar-refractivity contribution in [3.8, 4) is 0 Å². The molecule has 0 aliphatic heterocycles. The minimum Gasteiger partial charge on any atom is -0.376 e. The van der Waals surface area contributed by atoms with Crippen LogP contribution in [0.25, 0.3) is 0 Å². The van der Waals surface area contributed by atoms with Gasteiger partial charge >= 0.3 is 0 Å². The normalized spacial score (nSPS) is 13.0. The maximum Gasteiger partial charge on any atom is 0.238 e. The van der Waals surface area contributed by atoms with Crippen molar-refractivity contribution in [2.24, 2.45) is 5.14 Å². The number of halogens is 1. The Bertz CT molecular complexity index is 763. The number of anilines is 1. The van der Waals surface area contributed by atoms with Gasteiger partial charge in [0.1, 0.15) is 0 Å². The number of nitrogens with one attached hydrogen (secondary N) is 1. The average molecular weight is 326 g/mol. The average Bonchev–Trinajstić information content (AvgIpc) is 2.42. The number of rotatable bonds is 4. The molecule has 1 unspecified atom stereocenters. The smallest absolute Gasteiger partial charge is 0.238 e. The van der Waals surface area contributed by atoms with Crippen LogP contribution in [0.3, 0.4) is 0 Å². The predicted molar refractivity (Wildman–Crippen MR) is 83.8 cm³/mol. The lowest BCUT2D eigenvalue weighted by atomic mass is 10.1. The van der Waals surface area contributed by atoms with Crippen molar-refractivity contribution in [3.63, 3.8) is 0 Å². The number of hydrogen-bond acceptors (Lipinski definition) is 4. The molecule has 1 aromatic carbocycles. The summed E-state index contributed by atoms with van der Waals surface area (Å²) in [7, 11) is -3.71. The molecule has 0 bridgehead atoms. The van der Waals surface area contributed by atoms with Crippen molar-refractivity contribution < 1.29 is 8.42 Å². The van der Waals surface area contributed by atoms with Crippen molar-refractivity contribution >= 4 is 27.3 Å². The van der Waals surface area contributed by atoms with E-state index in [-0.39, 0.29) is 10.9 Å². The third kappa shape index (κ3) is 3.93. The van der Waals surface area contributed by atoms with E-state index in [4.69, 9.17) is 16.7 Å². The molecule has 0 radical (unpaired) electrons. The monoisotopic (exact) mass is 325 g/mol. The lowest BCUT2D eigenvalue weighted by Gasteiger charge is -2.17. The van der Waals surface area contributed by atoms with Gasteiger partial charge in [0.15, 0.2) is 5.15 Å². The molecule has 0 fully saturated rings. The number of aromatic nitrogens is 1. The summed E-state index contributed by atoms with van der Waals surface area (Å²) in [5, 5.41) is 8.73. The van der Waals surface area contributed by atoms with Gasteiger partial charge in [-0.15, -0.1) is 0 Å². The fourth-order valence-electron chi connectivity index (χ4n) is 1.93. The van der Waals surface area contributed by atoms with Gasteiger partial charge in [0, 0.05) is 12.2 Å². The summed E-state index contributed by atoms with van der Waals surface area (Å²) in [5.74, 6) is 0. The van der Waals surface area contributed by atoms with E-state index >= 15 is 0 Å². The zero-order chi connectivity index (χ0) is 15.6. The molecule has 3 N–H and O–H groups in total. The van der Waals surface area contributed by atoms with E-state index in [0.717, 1.165) is 11.1 Å². The Labute approximate surface area is 129 Å². The summed E-state index contributed by atoms with van der Waals surface area (Å²) in [6.45, 7) is 3.82. The lowest BCUT2D eigenvalue weighted by Crippen LogP contribution is -2.14. The summed E-state index contributed by atoms with van der Waals surface area (Å²) in [5.41, 5.74) is 2.47. The van der Waals surface area contributed by atoms with Crippen molar-refractivity contribution in [1.82, 2.24) is 4.98 Å². The number of benzene rings is 1. The molecule has 7 heteroatoms. The molecule has 5 nitrogen and oxygen atoms in total. The molecule has 0 amide bonds. The Morgan fingerprint density at radius 3 is 2.71 bits per heavy atom. The van der Waals surface area contributed by atoms with Crippen LogP contribution in [0.5, 0.6) is 0 Å². The number of hydrogen-bond donors (Lipinski definition) is 2. The highest BCUT2D eigenvalue weighted by atomic mass is 35.5. The second-order valence-corrected chi connectivity index (χ2v) is 6.75. The topological polar surface area (TPSA) is 85.1 Å². The number of nitrogens with zero attached hydrogens (tertiary/aromatic N) is 1. The molecule has 21 heavy (non-hydrogen) atoms. The molecule has 2 aromatic rings. The van der Waals surface area contributed by atoms with Crippen molar-refractivity contribution in [2.75, 3.05) is 5.32 Å². The molecule has 1 aromatic heterocycles. The Morgan fingerprint density at radius 2 is 2.05 bits per heavy atom.